The van der Waals surface area contributed by atoms with E-state index in [0.29, 0.717) is 5.56 Å². The second-order valence-corrected chi connectivity index (χ2v) is 5.22. The van der Waals surface area contributed by atoms with Crippen LogP contribution in [0, 0.1) is 15.9 Å². The van der Waals surface area contributed by atoms with Crippen molar-refractivity contribution in [1.82, 2.24) is 0 Å². The molecular weight excluding hydrogens is 320 g/mol. The molecule has 0 aliphatic heterocycles. The lowest BCUT2D eigenvalue weighted by Crippen LogP contribution is -2.12. The van der Waals surface area contributed by atoms with E-state index in [4.69, 9.17) is 4.42 Å². The van der Waals surface area contributed by atoms with Crippen LogP contribution in [0.3, 0.4) is 0 Å². The molecule has 0 bridgehead atoms. The van der Waals surface area contributed by atoms with Gasteiger partial charge in [0.1, 0.15) is 18.1 Å². The maximum absolute atomic E-state index is 13.5. The quantitative estimate of drug-likeness (QED) is 0.413. The average Bonchev–Trinajstić information content (AvgIpc) is 2.56. The Labute approximate surface area is 134 Å². The zero-order chi connectivity index (χ0) is 17.3. The molecule has 0 atom stereocenters. The number of rotatable bonds is 4. The molecule has 3 rings (SSSR count). The molecule has 0 saturated heterocycles. The van der Waals surface area contributed by atoms with Crippen molar-refractivity contribution in [2.24, 2.45) is 0 Å². The van der Waals surface area contributed by atoms with E-state index in [9.17, 15) is 23.7 Å². The Kier molecular flexibility index (Phi) is 4.07. The largest absolute Gasteiger partial charge is 0.422 e. The van der Waals surface area contributed by atoms with Gasteiger partial charge in [-0.15, -0.1) is 0 Å². The van der Waals surface area contributed by atoms with Crippen molar-refractivity contribution in [3.05, 3.63) is 85.5 Å². The molecule has 0 spiro atoms. The molecule has 24 heavy (non-hydrogen) atoms. The molecule has 2 aromatic carbocycles. The van der Waals surface area contributed by atoms with Gasteiger partial charge in [0.2, 0.25) is 0 Å². The van der Waals surface area contributed by atoms with E-state index in [1.165, 1.54) is 24.3 Å². The van der Waals surface area contributed by atoms with Gasteiger partial charge in [0.05, 0.1) is 4.92 Å². The highest BCUT2D eigenvalue weighted by atomic mass is 19.1. The number of hydrogen-bond acceptors (Lipinski definition) is 4. The molecule has 0 aliphatic carbocycles. The van der Waals surface area contributed by atoms with Crippen LogP contribution in [0.1, 0.15) is 16.7 Å². The lowest BCUT2D eigenvalue weighted by atomic mass is 9.99. The van der Waals surface area contributed by atoms with Crippen LogP contribution in [0.25, 0.3) is 11.0 Å². The van der Waals surface area contributed by atoms with Gasteiger partial charge in [-0.25, -0.2) is 13.6 Å². The Morgan fingerprint density at radius 2 is 1.92 bits per heavy atom. The summed E-state index contributed by atoms with van der Waals surface area (Å²) in [5.74, 6) is -0.577. The summed E-state index contributed by atoms with van der Waals surface area (Å²) in [4.78, 5) is 22.4. The van der Waals surface area contributed by atoms with Gasteiger partial charge in [-0.1, -0.05) is 12.1 Å². The van der Waals surface area contributed by atoms with Gasteiger partial charge < -0.3 is 4.42 Å². The van der Waals surface area contributed by atoms with E-state index < -0.39 is 23.0 Å². The fourth-order valence-corrected chi connectivity index (χ4v) is 2.59. The van der Waals surface area contributed by atoms with E-state index in [1.807, 2.05) is 0 Å². The molecule has 7 heteroatoms. The van der Waals surface area contributed by atoms with E-state index in [-0.39, 0.29) is 34.2 Å². The summed E-state index contributed by atoms with van der Waals surface area (Å²) in [5.41, 5.74) is -0.263. The summed E-state index contributed by atoms with van der Waals surface area (Å²) in [6.45, 7) is -0.976. The van der Waals surface area contributed by atoms with Crippen molar-refractivity contribution in [3.8, 4) is 0 Å². The number of halogens is 2. The highest BCUT2D eigenvalue weighted by molar-refractivity contribution is 5.81. The first-order valence-corrected chi connectivity index (χ1v) is 7.03. The molecular formula is C17H11F2NO4. The van der Waals surface area contributed by atoms with Crippen molar-refractivity contribution in [2.45, 2.75) is 13.1 Å². The molecule has 0 amide bonds. The molecule has 0 fully saturated rings. The minimum absolute atomic E-state index is 0.0242. The number of non-ortho nitro benzene ring substituents is 1. The summed E-state index contributed by atoms with van der Waals surface area (Å²) < 4.78 is 32.1. The molecule has 0 aliphatic rings. The third kappa shape index (κ3) is 2.88. The number of fused-ring (bicyclic) bond motifs is 1. The Morgan fingerprint density at radius 3 is 2.62 bits per heavy atom. The average molecular weight is 331 g/mol. The first-order valence-electron chi connectivity index (χ1n) is 7.03. The van der Waals surface area contributed by atoms with E-state index >= 15 is 0 Å². The topological polar surface area (TPSA) is 73.3 Å². The minimum atomic E-state index is -0.976. The van der Waals surface area contributed by atoms with Gasteiger partial charge in [-0.05, 0) is 23.8 Å². The lowest BCUT2D eigenvalue weighted by molar-refractivity contribution is -0.384. The van der Waals surface area contributed by atoms with Gasteiger partial charge in [-0.3, -0.25) is 10.1 Å². The third-order valence-corrected chi connectivity index (χ3v) is 3.72. The van der Waals surface area contributed by atoms with Gasteiger partial charge in [0.25, 0.3) is 5.69 Å². The predicted molar refractivity (Wildman–Crippen MR) is 83.2 cm³/mol. The maximum atomic E-state index is 13.5. The van der Waals surface area contributed by atoms with Crippen LogP contribution in [0.15, 0.2) is 51.7 Å². The van der Waals surface area contributed by atoms with Gasteiger partial charge in [0.15, 0.2) is 0 Å². The minimum Gasteiger partial charge on any atom is -0.422 e. The molecule has 0 N–H and O–H groups in total. The zero-order valence-corrected chi connectivity index (χ0v) is 12.3. The lowest BCUT2D eigenvalue weighted by Gasteiger charge is -2.09. The number of alkyl halides is 1. The SMILES string of the molecule is O=c1oc2ccc(F)cc2c(CF)c1Cc1cccc([N+](=O)[O-])c1. The van der Waals surface area contributed by atoms with Crippen LogP contribution in [-0.2, 0) is 13.1 Å². The van der Waals surface area contributed by atoms with Crippen LogP contribution < -0.4 is 5.63 Å². The Balaban J connectivity index is 2.15. The smallest absolute Gasteiger partial charge is 0.340 e. The summed E-state index contributed by atoms with van der Waals surface area (Å²) >= 11 is 0. The van der Waals surface area contributed by atoms with Gasteiger partial charge >= 0.3 is 5.63 Å². The van der Waals surface area contributed by atoms with Gasteiger partial charge in [0, 0.05) is 35.1 Å². The maximum Gasteiger partial charge on any atom is 0.340 e. The van der Waals surface area contributed by atoms with Crippen molar-refractivity contribution in [1.29, 1.82) is 0 Å². The number of hydrogen-bond donors (Lipinski definition) is 0. The van der Waals surface area contributed by atoms with E-state index in [2.05, 4.69) is 0 Å². The number of benzene rings is 2. The monoisotopic (exact) mass is 331 g/mol. The Hall–Kier alpha value is -3.09. The molecule has 5 nitrogen and oxygen atoms in total. The fourth-order valence-electron chi connectivity index (χ4n) is 2.59. The van der Waals surface area contributed by atoms with Gasteiger partial charge in [-0.2, -0.15) is 0 Å². The summed E-state index contributed by atoms with van der Waals surface area (Å²) in [5, 5.41) is 11.0. The second-order valence-electron chi connectivity index (χ2n) is 5.22. The molecule has 3 aromatic rings. The summed E-state index contributed by atoms with van der Waals surface area (Å²) in [7, 11) is 0. The highest BCUT2D eigenvalue weighted by Gasteiger charge is 2.16. The summed E-state index contributed by atoms with van der Waals surface area (Å²) in [6, 6.07) is 9.17. The summed E-state index contributed by atoms with van der Waals surface area (Å²) in [6.07, 6.45) is -0.0459. The molecule has 0 unspecified atom stereocenters. The standard InChI is InChI=1S/C17H11F2NO4/c18-9-15-13-8-11(19)4-5-16(13)24-17(21)14(15)7-10-2-1-3-12(6-10)20(22)23/h1-6,8H,7,9H2. The van der Waals surface area contributed by atoms with Crippen LogP contribution in [0.4, 0.5) is 14.5 Å². The van der Waals surface area contributed by atoms with Crippen LogP contribution in [0.2, 0.25) is 0 Å². The molecule has 122 valence electrons. The van der Waals surface area contributed by atoms with Crippen LogP contribution in [-0.4, -0.2) is 4.92 Å². The van der Waals surface area contributed by atoms with Crippen molar-refractivity contribution >= 4 is 16.7 Å². The van der Waals surface area contributed by atoms with Crippen molar-refractivity contribution < 1.29 is 18.1 Å². The molecule has 1 aromatic heterocycles. The van der Waals surface area contributed by atoms with Crippen molar-refractivity contribution in [2.75, 3.05) is 0 Å². The van der Waals surface area contributed by atoms with Crippen molar-refractivity contribution in [3.63, 3.8) is 0 Å². The molecule has 1 heterocycles. The number of nitrogens with zero attached hydrogens (tertiary/aromatic N) is 1. The Bertz CT molecular complexity index is 998. The molecule has 0 radical (unpaired) electrons. The second kappa shape index (κ2) is 6.19. The zero-order valence-electron chi connectivity index (χ0n) is 12.3. The molecule has 0 saturated carbocycles. The van der Waals surface area contributed by atoms with Crippen LogP contribution in [0.5, 0.6) is 0 Å². The normalized spacial score (nSPS) is 10.9. The van der Waals surface area contributed by atoms with E-state index in [1.54, 1.807) is 6.07 Å². The predicted octanol–water partition coefficient (Wildman–Crippen LogP) is 3.90. The highest BCUT2D eigenvalue weighted by Crippen LogP contribution is 2.24. The number of nitro benzene ring substituents is 1. The fraction of sp³-hybridized carbons (Fsp3) is 0.118. The van der Waals surface area contributed by atoms with E-state index in [0.717, 1.165) is 12.1 Å². The first kappa shape index (κ1) is 15.8. The number of nitro groups is 1. The third-order valence-electron chi connectivity index (χ3n) is 3.72. The first-order chi connectivity index (χ1) is 11.5. The Morgan fingerprint density at radius 1 is 1.12 bits per heavy atom. The van der Waals surface area contributed by atoms with Crippen LogP contribution >= 0.6 is 0 Å².